The molecule has 4 aromatic carbocycles. The quantitative estimate of drug-likeness (QED) is 0.215. The lowest BCUT2D eigenvalue weighted by Gasteiger charge is -2.11. The first-order valence-corrected chi connectivity index (χ1v) is 12.6. The Morgan fingerprint density at radius 2 is 0.938 bits per heavy atom. The van der Waals surface area contributed by atoms with Crippen LogP contribution < -0.4 is 0 Å². The average molecular weight is 534 g/mol. The fraction of sp³-hybridized carbons (Fsp3) is 0. The van der Waals surface area contributed by atoms with Crippen LogP contribution in [0.1, 0.15) is 0 Å². The van der Waals surface area contributed by atoms with Crippen LogP contribution in [0.3, 0.4) is 0 Å². The monoisotopic (exact) mass is 532 g/mol. The van der Waals surface area contributed by atoms with Crippen LogP contribution in [-0.2, 0) is 0 Å². The van der Waals surface area contributed by atoms with E-state index in [2.05, 4.69) is 24.3 Å². The Balaban J connectivity index is 1.64. The molecule has 0 amide bonds. The van der Waals surface area contributed by atoms with Crippen LogP contribution >= 0.6 is 69.9 Å². The number of nitrogens with zero attached hydrogens (tertiary/aromatic N) is 2. The molecule has 5 rings (SSSR count). The maximum atomic E-state index is 6.23. The fourth-order valence-corrected chi connectivity index (χ4v) is 5.75. The topological polar surface area (TPSA) is 25.8 Å². The van der Waals surface area contributed by atoms with Crippen LogP contribution in [0.2, 0.25) is 20.1 Å². The Bertz CT molecular complexity index is 1380. The maximum Gasteiger partial charge on any atom is 0.134 e. The molecule has 0 aliphatic heterocycles. The third-order valence-electron chi connectivity index (χ3n) is 4.68. The van der Waals surface area contributed by atoms with Crippen molar-refractivity contribution < 1.29 is 0 Å². The van der Waals surface area contributed by atoms with Crippen molar-refractivity contribution in [3.63, 3.8) is 0 Å². The highest BCUT2D eigenvalue weighted by atomic mass is 35.5. The molecule has 0 aliphatic carbocycles. The molecular formula is C24H12Cl4N2S2. The van der Waals surface area contributed by atoms with E-state index < -0.39 is 0 Å². The molecule has 0 fully saturated rings. The van der Waals surface area contributed by atoms with E-state index >= 15 is 0 Å². The zero-order valence-electron chi connectivity index (χ0n) is 16.2. The number of halogens is 4. The molecule has 0 bridgehead atoms. The maximum absolute atomic E-state index is 6.23. The summed E-state index contributed by atoms with van der Waals surface area (Å²) in [6.45, 7) is 0. The molecule has 0 aliphatic rings. The van der Waals surface area contributed by atoms with E-state index in [1.54, 1.807) is 12.1 Å². The molecular weight excluding hydrogens is 522 g/mol. The van der Waals surface area contributed by atoms with E-state index in [0.717, 1.165) is 41.6 Å². The van der Waals surface area contributed by atoms with Gasteiger partial charge >= 0.3 is 0 Å². The van der Waals surface area contributed by atoms with Gasteiger partial charge in [-0.3, -0.25) is 0 Å². The number of fused-ring (bicyclic) bond motifs is 2. The van der Waals surface area contributed by atoms with Gasteiger partial charge in [-0.15, -0.1) is 0 Å². The molecule has 0 saturated heterocycles. The second-order valence-corrected chi connectivity index (χ2v) is 10.6. The van der Waals surface area contributed by atoms with Gasteiger partial charge in [-0.05, 0) is 59.3 Å². The van der Waals surface area contributed by atoms with Gasteiger partial charge in [0.25, 0.3) is 0 Å². The van der Waals surface area contributed by atoms with Crippen molar-refractivity contribution in [3.05, 3.63) is 92.9 Å². The van der Waals surface area contributed by atoms with Crippen molar-refractivity contribution in [3.8, 4) is 0 Å². The lowest BCUT2D eigenvalue weighted by Crippen LogP contribution is -1.93. The van der Waals surface area contributed by atoms with Gasteiger partial charge in [0.1, 0.15) is 10.1 Å². The minimum Gasteiger partial charge on any atom is -0.237 e. The average Bonchev–Trinajstić information content (AvgIpc) is 2.78. The van der Waals surface area contributed by atoms with Gasteiger partial charge in [-0.1, -0.05) is 94.2 Å². The van der Waals surface area contributed by atoms with Crippen molar-refractivity contribution in [2.24, 2.45) is 0 Å². The van der Waals surface area contributed by atoms with Crippen molar-refractivity contribution in [1.82, 2.24) is 9.97 Å². The Labute approximate surface area is 213 Å². The van der Waals surface area contributed by atoms with Crippen LogP contribution in [-0.4, -0.2) is 9.97 Å². The molecule has 5 aromatic rings. The van der Waals surface area contributed by atoms with E-state index in [1.807, 2.05) is 36.4 Å². The zero-order valence-corrected chi connectivity index (χ0v) is 20.8. The van der Waals surface area contributed by atoms with Gasteiger partial charge in [-0.25, -0.2) is 9.97 Å². The van der Waals surface area contributed by atoms with E-state index in [9.17, 15) is 0 Å². The highest BCUT2D eigenvalue weighted by Gasteiger charge is 2.15. The summed E-state index contributed by atoms with van der Waals surface area (Å²) >= 11 is 27.6. The Morgan fingerprint density at radius 3 is 1.34 bits per heavy atom. The van der Waals surface area contributed by atoms with Crippen LogP contribution in [0.5, 0.6) is 0 Å². The van der Waals surface area contributed by atoms with E-state index in [-0.39, 0.29) is 0 Å². The molecule has 1 aromatic heterocycles. The number of hydrogen-bond acceptors (Lipinski definition) is 4. The normalized spacial score (nSPS) is 11.4. The molecule has 32 heavy (non-hydrogen) atoms. The Kier molecular flexibility index (Phi) is 6.44. The summed E-state index contributed by atoms with van der Waals surface area (Å²) in [6.07, 6.45) is 0. The predicted octanol–water partition coefficient (Wildman–Crippen LogP) is 9.70. The zero-order chi connectivity index (χ0) is 22.2. The molecule has 0 atom stereocenters. The number of aromatic nitrogens is 2. The van der Waals surface area contributed by atoms with Gasteiger partial charge in [0.15, 0.2) is 0 Å². The van der Waals surface area contributed by atoms with Gasteiger partial charge in [-0.2, -0.15) is 0 Å². The molecule has 158 valence electrons. The lowest BCUT2D eigenvalue weighted by molar-refractivity contribution is 0.969. The first-order chi connectivity index (χ1) is 15.5. The molecule has 0 radical (unpaired) electrons. The smallest absolute Gasteiger partial charge is 0.134 e. The van der Waals surface area contributed by atoms with Gasteiger partial charge in [0, 0.05) is 9.79 Å². The first kappa shape index (κ1) is 22.1. The van der Waals surface area contributed by atoms with Crippen molar-refractivity contribution >= 4 is 91.7 Å². The molecule has 1 heterocycles. The molecule has 0 spiro atoms. The van der Waals surface area contributed by atoms with Crippen LogP contribution in [0.4, 0.5) is 0 Å². The van der Waals surface area contributed by atoms with E-state index in [0.29, 0.717) is 20.1 Å². The third kappa shape index (κ3) is 4.67. The second-order valence-electron chi connectivity index (χ2n) is 6.88. The summed E-state index contributed by atoms with van der Waals surface area (Å²) in [5, 5.41) is 5.78. The second kappa shape index (κ2) is 9.30. The van der Waals surface area contributed by atoms with Crippen molar-refractivity contribution in [1.29, 1.82) is 0 Å². The van der Waals surface area contributed by atoms with Crippen LogP contribution in [0.25, 0.3) is 21.8 Å². The summed E-state index contributed by atoms with van der Waals surface area (Å²) in [5.41, 5.74) is 1.65. The minimum absolute atomic E-state index is 0.495. The summed E-state index contributed by atoms with van der Waals surface area (Å²) in [4.78, 5) is 11.7. The van der Waals surface area contributed by atoms with Crippen LogP contribution in [0.15, 0.2) is 92.6 Å². The number of benzene rings is 4. The molecule has 0 unspecified atom stereocenters. The van der Waals surface area contributed by atoms with Gasteiger partial charge in [0.05, 0.1) is 31.1 Å². The predicted molar refractivity (Wildman–Crippen MR) is 138 cm³/mol. The molecule has 0 saturated carbocycles. The highest BCUT2D eigenvalue weighted by molar-refractivity contribution is 8.02. The SMILES string of the molecule is Clc1ccc(Sc2nc3cc4ccccc4cc3nc2Sc2ccc(Cl)c(Cl)c2)cc1Cl. The Morgan fingerprint density at radius 1 is 0.500 bits per heavy atom. The molecule has 8 heteroatoms. The van der Waals surface area contributed by atoms with E-state index in [4.69, 9.17) is 56.4 Å². The third-order valence-corrected chi connectivity index (χ3v) is 8.22. The number of rotatable bonds is 4. The molecule has 0 N–H and O–H groups in total. The Hall–Kier alpha value is -1.66. The largest absolute Gasteiger partial charge is 0.237 e. The highest BCUT2D eigenvalue weighted by Crippen LogP contribution is 2.40. The first-order valence-electron chi connectivity index (χ1n) is 9.42. The van der Waals surface area contributed by atoms with Crippen molar-refractivity contribution in [2.45, 2.75) is 19.8 Å². The summed E-state index contributed by atoms with van der Waals surface area (Å²) < 4.78 is 0. The van der Waals surface area contributed by atoms with Crippen molar-refractivity contribution in [2.75, 3.05) is 0 Å². The number of hydrogen-bond donors (Lipinski definition) is 0. The lowest BCUT2D eigenvalue weighted by atomic mass is 10.1. The fourth-order valence-electron chi connectivity index (χ4n) is 3.15. The summed E-state index contributed by atoms with van der Waals surface area (Å²) in [5.74, 6) is 0. The summed E-state index contributed by atoms with van der Waals surface area (Å²) in [7, 11) is 0. The minimum atomic E-state index is 0.495. The van der Waals surface area contributed by atoms with Gasteiger partial charge < -0.3 is 0 Å². The summed E-state index contributed by atoms with van der Waals surface area (Å²) in [6, 6.07) is 23.3. The van der Waals surface area contributed by atoms with E-state index in [1.165, 1.54) is 23.5 Å². The standard InChI is InChI=1S/C24H12Cl4N2S2/c25-17-7-5-15(11-19(17)27)31-23-24(32-16-6-8-18(26)20(28)12-16)30-22-10-14-4-2-1-3-13(14)9-21(22)29-23/h1-12H. The van der Waals surface area contributed by atoms with Gasteiger partial charge in [0.2, 0.25) is 0 Å². The van der Waals surface area contributed by atoms with Crippen LogP contribution in [0, 0.1) is 0 Å². The molecule has 2 nitrogen and oxygen atoms in total.